The lowest BCUT2D eigenvalue weighted by Crippen LogP contribution is -2.27. The zero-order valence-corrected chi connectivity index (χ0v) is 40.2. The minimum Gasteiger partial charge on any atom is -0.309 e. The molecular weight excluding hydrogens is 899 g/mol. The van der Waals surface area contributed by atoms with Gasteiger partial charge in [-0.05, 0) is 143 Å². The molecule has 17 rings (SSSR count). The van der Waals surface area contributed by atoms with Crippen LogP contribution in [0.5, 0.6) is 0 Å². The molecule has 5 heteroatoms. The maximum atomic E-state index is 4.14. The highest BCUT2D eigenvalue weighted by Gasteiger charge is 2.60. The minimum absolute atomic E-state index is 0.0169. The van der Waals surface area contributed by atoms with Crippen LogP contribution in [0, 0.1) is 0 Å². The van der Waals surface area contributed by atoms with Crippen LogP contribution >= 0.6 is 0 Å². The lowest BCUT2D eigenvalue weighted by Gasteiger charge is -2.22. The lowest BCUT2D eigenvalue weighted by molar-refractivity contribution is 0.314. The summed E-state index contributed by atoms with van der Waals surface area (Å²) in [5.41, 5.74) is 10.9. The fourth-order valence-corrected chi connectivity index (χ4v) is 13.2. The Bertz CT molecular complexity index is 4890. The molecule has 74 heavy (non-hydrogen) atoms. The molecule has 5 atom stereocenters. The average Bonchev–Trinajstić information content (AvgIpc) is 3.73. The van der Waals surface area contributed by atoms with E-state index in [2.05, 4.69) is 273 Å². The van der Waals surface area contributed by atoms with Crippen molar-refractivity contribution in [2.45, 2.75) is 18.5 Å². The van der Waals surface area contributed by atoms with Crippen molar-refractivity contribution in [2.75, 3.05) is 0 Å². The third kappa shape index (κ3) is 5.80. The lowest BCUT2D eigenvalue weighted by atomic mass is 9.96. The number of aromatic nitrogens is 2. The highest BCUT2D eigenvalue weighted by atomic mass is 15.9. The summed E-state index contributed by atoms with van der Waals surface area (Å²) in [6.45, 7) is 0. The predicted molar refractivity (Wildman–Crippen MR) is 308 cm³/mol. The van der Waals surface area contributed by atoms with E-state index in [1.807, 2.05) is 0 Å². The molecule has 0 bridgehead atoms. The second kappa shape index (κ2) is 15.2. The molecule has 0 aliphatic carbocycles. The van der Waals surface area contributed by atoms with Crippen LogP contribution in [-0.4, -0.2) is 19.2 Å². The van der Waals surface area contributed by atoms with Gasteiger partial charge in [0.05, 0.1) is 27.8 Å². The summed E-state index contributed by atoms with van der Waals surface area (Å²) in [6, 6.07) is 92.9. The molecule has 0 saturated carbocycles. The van der Waals surface area contributed by atoms with Crippen LogP contribution in [0.4, 0.5) is 0 Å². The van der Waals surface area contributed by atoms with Gasteiger partial charge in [0.25, 0.3) is 0 Å². The zero-order chi connectivity index (χ0) is 48.2. The van der Waals surface area contributed by atoms with E-state index in [-0.39, 0.29) is 18.5 Å². The Kier molecular flexibility index (Phi) is 8.33. The first kappa shape index (κ1) is 40.5. The molecule has 4 heterocycles. The molecule has 2 aromatic heterocycles. The Balaban J connectivity index is 0.844. The Labute approximate surface area is 425 Å². The SMILES string of the molecule is c1ccc2cc(C3NC(c4ccc5c(-n6c7cc(-n8c9ccccc9c9cc%10ccccc%10cc98)ccc7c7cc8ccccc8cc76)cccc5c4)N4C(c5cc6ccccc6c6ccccc56)N34)ccc2c1. The Morgan fingerprint density at radius 3 is 1.47 bits per heavy atom. The maximum Gasteiger partial charge on any atom is 0.120 e. The van der Waals surface area contributed by atoms with Gasteiger partial charge < -0.3 is 9.13 Å². The van der Waals surface area contributed by atoms with Crippen LogP contribution in [0.2, 0.25) is 0 Å². The summed E-state index contributed by atoms with van der Waals surface area (Å²) in [5, 5.41) is 29.4. The first-order chi connectivity index (χ1) is 36.7. The van der Waals surface area contributed by atoms with E-state index >= 15 is 0 Å². The van der Waals surface area contributed by atoms with E-state index in [0.29, 0.717) is 0 Å². The van der Waals surface area contributed by atoms with Crippen molar-refractivity contribution in [3.63, 3.8) is 0 Å². The first-order valence-corrected chi connectivity index (χ1v) is 25.8. The number of nitrogens with one attached hydrogen (secondary N) is 1. The normalized spacial score (nSPS) is 18.6. The van der Waals surface area contributed by atoms with Gasteiger partial charge >= 0.3 is 0 Å². The van der Waals surface area contributed by atoms with Gasteiger partial charge in [0.15, 0.2) is 0 Å². The number of benzene rings is 13. The third-order valence-electron chi connectivity index (χ3n) is 16.6. The van der Waals surface area contributed by atoms with Crippen LogP contribution in [0.15, 0.2) is 249 Å². The van der Waals surface area contributed by atoms with Gasteiger partial charge in [0.2, 0.25) is 0 Å². The Morgan fingerprint density at radius 2 is 0.757 bits per heavy atom. The van der Waals surface area contributed by atoms with Crippen molar-refractivity contribution in [3.05, 3.63) is 265 Å². The number of nitrogens with zero attached hydrogens (tertiary/aromatic N) is 4. The van der Waals surface area contributed by atoms with Gasteiger partial charge in [-0.15, -0.1) is 0 Å². The number of hydrazine groups is 1. The van der Waals surface area contributed by atoms with Crippen LogP contribution in [0.3, 0.4) is 0 Å². The molecule has 5 unspecified atom stereocenters. The van der Waals surface area contributed by atoms with Crippen molar-refractivity contribution < 1.29 is 0 Å². The molecule has 0 spiro atoms. The smallest absolute Gasteiger partial charge is 0.120 e. The Hall–Kier alpha value is -9.10. The van der Waals surface area contributed by atoms with Crippen LogP contribution in [0.25, 0.3) is 120 Å². The van der Waals surface area contributed by atoms with Gasteiger partial charge in [-0.2, -0.15) is 10.0 Å². The molecule has 15 aromatic rings. The molecule has 2 aliphatic rings. The van der Waals surface area contributed by atoms with Crippen molar-refractivity contribution >= 4 is 108 Å². The molecule has 0 amide bonds. The summed E-state index contributed by atoms with van der Waals surface area (Å²) in [6.07, 6.45) is 0.0150. The number of hydrogen-bond donors (Lipinski definition) is 1. The maximum absolute atomic E-state index is 4.14. The van der Waals surface area contributed by atoms with Crippen molar-refractivity contribution in [3.8, 4) is 11.4 Å². The topological polar surface area (TPSA) is 27.9 Å². The van der Waals surface area contributed by atoms with E-state index in [1.54, 1.807) is 0 Å². The molecule has 1 N–H and O–H groups in total. The molecule has 2 aliphatic heterocycles. The average molecular weight is 944 g/mol. The predicted octanol–water partition coefficient (Wildman–Crippen LogP) is 17.3. The third-order valence-corrected chi connectivity index (χ3v) is 16.6. The molecule has 346 valence electrons. The Morgan fingerprint density at radius 1 is 0.270 bits per heavy atom. The van der Waals surface area contributed by atoms with Crippen LogP contribution in [-0.2, 0) is 0 Å². The van der Waals surface area contributed by atoms with Crippen molar-refractivity contribution in [1.29, 1.82) is 0 Å². The first-order valence-electron chi connectivity index (χ1n) is 25.8. The summed E-state index contributed by atoms with van der Waals surface area (Å²) >= 11 is 0. The van der Waals surface area contributed by atoms with Gasteiger partial charge in [-0.25, -0.2) is 0 Å². The van der Waals surface area contributed by atoms with E-state index in [4.69, 9.17) is 0 Å². The minimum atomic E-state index is -0.0553. The second-order valence-electron chi connectivity index (χ2n) is 20.5. The summed E-state index contributed by atoms with van der Waals surface area (Å²) < 4.78 is 5.00. The highest BCUT2D eigenvalue weighted by Crippen LogP contribution is 2.59. The highest BCUT2D eigenvalue weighted by molar-refractivity contribution is 6.17. The fraction of sp³-hybridized carbons (Fsp3) is 0.0435. The summed E-state index contributed by atoms with van der Waals surface area (Å²) in [7, 11) is 0. The van der Waals surface area contributed by atoms with Gasteiger partial charge in [0.1, 0.15) is 18.5 Å². The van der Waals surface area contributed by atoms with E-state index in [1.165, 1.54) is 125 Å². The molecule has 0 radical (unpaired) electrons. The number of fused-ring (bicyclic) bond motifs is 14. The number of hydrogen-bond acceptors (Lipinski definition) is 3. The molecule has 13 aromatic carbocycles. The summed E-state index contributed by atoms with van der Waals surface area (Å²) in [4.78, 5) is 0. The zero-order valence-electron chi connectivity index (χ0n) is 40.2. The fourth-order valence-electron chi connectivity index (χ4n) is 13.2. The molecular formula is C69H45N5. The van der Waals surface area contributed by atoms with Gasteiger partial charge in [0, 0.05) is 32.6 Å². The van der Waals surface area contributed by atoms with Crippen LogP contribution in [0.1, 0.15) is 35.2 Å². The number of rotatable bonds is 5. The summed E-state index contributed by atoms with van der Waals surface area (Å²) in [5.74, 6) is 0. The monoisotopic (exact) mass is 943 g/mol. The number of para-hydroxylation sites is 1. The molecule has 2 saturated heterocycles. The van der Waals surface area contributed by atoms with Crippen molar-refractivity contribution in [1.82, 2.24) is 24.5 Å². The van der Waals surface area contributed by atoms with Crippen LogP contribution < -0.4 is 5.32 Å². The largest absolute Gasteiger partial charge is 0.309 e. The molecule has 2 fully saturated rings. The van der Waals surface area contributed by atoms with Crippen molar-refractivity contribution in [2.24, 2.45) is 0 Å². The van der Waals surface area contributed by atoms with Gasteiger partial charge in [-0.1, -0.05) is 182 Å². The standard InChI is InChI=1S/C69H45N5/c1-2-15-43-34-50(29-28-42(43)14-1)67-70-68(74-69(73(67)74)61-38-49-20-7-8-22-53(49)55-23-9-10-24-56(55)61)51-30-32-54-48(35-51)21-13-27-62(54)72-65-40-47-19-6-4-17-45(47)37-60(65)58-33-31-52(41-66(58)72)71-63-26-12-11-25-57(63)59-36-44-16-3-5-18-46(44)39-64(59)71/h1-41,67-70H. The quantitative estimate of drug-likeness (QED) is 0.138. The molecule has 5 nitrogen and oxygen atoms in total. The second-order valence-corrected chi connectivity index (χ2v) is 20.5. The van der Waals surface area contributed by atoms with E-state index < -0.39 is 0 Å². The van der Waals surface area contributed by atoms with E-state index in [0.717, 1.165) is 11.4 Å². The van der Waals surface area contributed by atoms with Gasteiger partial charge in [-0.3, -0.25) is 5.32 Å². The van der Waals surface area contributed by atoms with E-state index in [9.17, 15) is 0 Å².